The summed E-state index contributed by atoms with van der Waals surface area (Å²) in [5, 5.41) is 3.02. The highest BCUT2D eigenvalue weighted by Crippen LogP contribution is 2.38. The van der Waals surface area contributed by atoms with Crippen LogP contribution in [0.2, 0.25) is 0 Å². The van der Waals surface area contributed by atoms with Gasteiger partial charge < -0.3 is 15.0 Å². The van der Waals surface area contributed by atoms with Crippen LogP contribution in [0, 0.1) is 11.7 Å². The van der Waals surface area contributed by atoms with Gasteiger partial charge in [-0.05, 0) is 50.7 Å². The molecule has 1 N–H and O–H groups in total. The van der Waals surface area contributed by atoms with E-state index in [-0.39, 0.29) is 23.7 Å². The van der Waals surface area contributed by atoms with E-state index in [9.17, 15) is 9.18 Å². The van der Waals surface area contributed by atoms with Gasteiger partial charge in [0.1, 0.15) is 17.7 Å². The maximum absolute atomic E-state index is 14.1. The highest BCUT2D eigenvalue weighted by molar-refractivity contribution is 5.79. The Bertz CT molecular complexity index is 828. The third kappa shape index (κ3) is 3.95. The largest absolute Gasteiger partial charge is 0.487 e. The van der Waals surface area contributed by atoms with E-state index < -0.39 is 0 Å². The first-order chi connectivity index (χ1) is 13.1. The minimum Gasteiger partial charge on any atom is -0.487 e. The van der Waals surface area contributed by atoms with E-state index in [0.29, 0.717) is 30.0 Å². The second-order valence-corrected chi connectivity index (χ2v) is 7.45. The second-order valence-electron chi connectivity index (χ2n) is 7.45. The number of benzene rings is 1. The van der Waals surface area contributed by atoms with E-state index in [0.717, 1.165) is 31.5 Å². The van der Waals surface area contributed by atoms with Gasteiger partial charge >= 0.3 is 0 Å². The fraction of sp³-hybridized carbons (Fsp3) is 0.429. The molecule has 2 aromatic rings. The molecule has 3 heterocycles. The summed E-state index contributed by atoms with van der Waals surface area (Å²) in [5.74, 6) is 0.492. The molecule has 1 aromatic heterocycles. The molecule has 0 aliphatic carbocycles. The molecule has 1 aromatic carbocycles. The number of carbonyl (C=O) groups excluding carboxylic acids is 1. The second kappa shape index (κ2) is 7.64. The van der Waals surface area contributed by atoms with Crippen LogP contribution >= 0.6 is 0 Å². The fourth-order valence-corrected chi connectivity index (χ4v) is 3.96. The van der Waals surface area contributed by atoms with Crippen LogP contribution in [0.3, 0.4) is 0 Å². The SMILES string of the molecule is CN1CCC[C@@H](C(=O)NC[C@H]2Cc3cc(F)cc(-c4ccccn4)c3O2)C1. The lowest BCUT2D eigenvalue weighted by molar-refractivity contribution is -0.126. The van der Waals surface area contributed by atoms with Gasteiger partial charge in [0.2, 0.25) is 5.91 Å². The molecule has 0 unspecified atom stereocenters. The predicted octanol–water partition coefficient (Wildman–Crippen LogP) is 2.65. The number of ether oxygens (including phenoxy) is 1. The summed E-state index contributed by atoms with van der Waals surface area (Å²) in [4.78, 5) is 19.0. The number of nitrogens with zero attached hydrogens (tertiary/aromatic N) is 2. The number of likely N-dealkylation sites (tertiary alicyclic amines) is 1. The number of nitrogens with one attached hydrogen (secondary N) is 1. The molecule has 142 valence electrons. The van der Waals surface area contributed by atoms with Crippen LogP contribution in [0.25, 0.3) is 11.3 Å². The molecule has 1 saturated heterocycles. The van der Waals surface area contributed by atoms with Gasteiger partial charge in [0.05, 0.1) is 18.2 Å². The molecule has 2 aliphatic rings. The number of piperidine rings is 1. The van der Waals surface area contributed by atoms with Crippen LogP contribution in [0.5, 0.6) is 5.75 Å². The molecule has 1 fully saturated rings. The van der Waals surface area contributed by atoms with Crippen molar-refractivity contribution in [1.82, 2.24) is 15.2 Å². The van der Waals surface area contributed by atoms with Crippen molar-refractivity contribution in [2.75, 3.05) is 26.7 Å². The van der Waals surface area contributed by atoms with Gasteiger partial charge in [-0.25, -0.2) is 4.39 Å². The lowest BCUT2D eigenvalue weighted by Crippen LogP contribution is -2.44. The van der Waals surface area contributed by atoms with Crippen LogP contribution in [-0.4, -0.2) is 48.6 Å². The molecule has 2 aliphatic heterocycles. The molecule has 4 rings (SSSR count). The molecule has 0 spiro atoms. The van der Waals surface area contributed by atoms with Gasteiger partial charge in [-0.3, -0.25) is 9.78 Å². The Kier molecular flexibility index (Phi) is 5.07. The average Bonchev–Trinajstić information content (AvgIpc) is 3.09. The number of pyridine rings is 1. The smallest absolute Gasteiger partial charge is 0.224 e. The molecule has 6 heteroatoms. The molecular weight excluding hydrogens is 345 g/mol. The summed E-state index contributed by atoms with van der Waals surface area (Å²) in [7, 11) is 2.05. The molecule has 0 saturated carbocycles. The number of aromatic nitrogens is 1. The quantitative estimate of drug-likeness (QED) is 0.900. The molecule has 27 heavy (non-hydrogen) atoms. The molecular formula is C21H24FN3O2. The Morgan fingerprint density at radius 1 is 1.41 bits per heavy atom. The first kappa shape index (κ1) is 17.9. The third-order valence-corrected chi connectivity index (χ3v) is 5.30. The van der Waals surface area contributed by atoms with Crippen LogP contribution in [0.15, 0.2) is 36.5 Å². The number of carbonyl (C=O) groups is 1. The summed E-state index contributed by atoms with van der Waals surface area (Å²) in [5.41, 5.74) is 2.17. The van der Waals surface area contributed by atoms with Crippen LogP contribution in [-0.2, 0) is 11.2 Å². The normalized spacial score (nSPS) is 22.1. The van der Waals surface area contributed by atoms with E-state index >= 15 is 0 Å². The molecule has 0 radical (unpaired) electrons. The predicted molar refractivity (Wildman–Crippen MR) is 101 cm³/mol. The van der Waals surface area contributed by atoms with E-state index in [1.807, 2.05) is 25.2 Å². The summed E-state index contributed by atoms with van der Waals surface area (Å²) in [6.45, 7) is 2.27. The van der Waals surface area contributed by atoms with Crippen molar-refractivity contribution < 1.29 is 13.9 Å². The molecule has 0 bridgehead atoms. The molecule has 5 nitrogen and oxygen atoms in total. The van der Waals surface area contributed by atoms with Crippen molar-refractivity contribution >= 4 is 5.91 Å². The Morgan fingerprint density at radius 2 is 2.30 bits per heavy atom. The van der Waals surface area contributed by atoms with Gasteiger partial charge in [0, 0.05) is 30.3 Å². The van der Waals surface area contributed by atoms with Crippen molar-refractivity contribution in [2.24, 2.45) is 5.92 Å². The maximum atomic E-state index is 14.1. The van der Waals surface area contributed by atoms with Crippen LogP contribution in [0.1, 0.15) is 18.4 Å². The lowest BCUT2D eigenvalue weighted by Gasteiger charge is -2.29. The van der Waals surface area contributed by atoms with Gasteiger partial charge in [-0.2, -0.15) is 0 Å². The highest BCUT2D eigenvalue weighted by atomic mass is 19.1. The van der Waals surface area contributed by atoms with Crippen molar-refractivity contribution in [2.45, 2.75) is 25.4 Å². The van der Waals surface area contributed by atoms with E-state index in [2.05, 4.69) is 15.2 Å². The maximum Gasteiger partial charge on any atom is 0.224 e. The first-order valence-corrected chi connectivity index (χ1v) is 9.47. The Labute approximate surface area is 158 Å². The number of hydrogen-bond acceptors (Lipinski definition) is 4. The van der Waals surface area contributed by atoms with Crippen molar-refractivity contribution in [3.8, 4) is 17.0 Å². The van der Waals surface area contributed by atoms with Crippen LogP contribution < -0.4 is 10.1 Å². The zero-order chi connectivity index (χ0) is 18.8. The Hall–Kier alpha value is -2.47. The van der Waals surface area contributed by atoms with Gasteiger partial charge in [-0.15, -0.1) is 0 Å². The van der Waals surface area contributed by atoms with Crippen molar-refractivity contribution in [3.05, 3.63) is 47.9 Å². The lowest BCUT2D eigenvalue weighted by atomic mass is 9.97. The minimum atomic E-state index is -0.298. The van der Waals surface area contributed by atoms with Gasteiger partial charge in [0.25, 0.3) is 0 Å². The van der Waals surface area contributed by atoms with Gasteiger partial charge in [0.15, 0.2) is 0 Å². The summed E-state index contributed by atoms with van der Waals surface area (Å²) >= 11 is 0. The Balaban J connectivity index is 1.43. The average molecular weight is 369 g/mol. The molecule has 2 atom stereocenters. The fourth-order valence-electron chi connectivity index (χ4n) is 3.96. The van der Waals surface area contributed by atoms with Crippen molar-refractivity contribution in [3.63, 3.8) is 0 Å². The minimum absolute atomic E-state index is 0.0362. The number of fused-ring (bicyclic) bond motifs is 1. The van der Waals surface area contributed by atoms with E-state index in [1.165, 1.54) is 12.1 Å². The van der Waals surface area contributed by atoms with E-state index in [1.54, 1.807) is 6.20 Å². The zero-order valence-corrected chi connectivity index (χ0v) is 15.5. The number of rotatable bonds is 4. The highest BCUT2D eigenvalue weighted by Gasteiger charge is 2.29. The number of hydrogen-bond donors (Lipinski definition) is 1. The topological polar surface area (TPSA) is 54.5 Å². The number of amides is 1. The van der Waals surface area contributed by atoms with Crippen molar-refractivity contribution in [1.29, 1.82) is 0 Å². The third-order valence-electron chi connectivity index (χ3n) is 5.30. The Morgan fingerprint density at radius 3 is 3.07 bits per heavy atom. The summed E-state index contributed by atoms with van der Waals surface area (Å²) in [6, 6.07) is 8.51. The zero-order valence-electron chi connectivity index (χ0n) is 15.5. The molecule has 1 amide bonds. The summed E-state index contributed by atoms with van der Waals surface area (Å²) in [6.07, 6.45) is 4.05. The monoisotopic (exact) mass is 369 g/mol. The van der Waals surface area contributed by atoms with Gasteiger partial charge in [-0.1, -0.05) is 6.07 Å². The number of halogens is 1. The standard InChI is InChI=1S/C21H24FN3O2/c1-25-8-4-5-14(13-25)21(26)24-12-17-10-15-9-16(22)11-18(20(15)27-17)19-6-2-3-7-23-19/h2-3,6-7,9,11,14,17H,4-5,8,10,12-13H2,1H3,(H,24,26)/t14-,17-/m1/s1. The van der Waals surface area contributed by atoms with E-state index in [4.69, 9.17) is 4.74 Å². The van der Waals surface area contributed by atoms with Crippen LogP contribution in [0.4, 0.5) is 4.39 Å². The first-order valence-electron chi connectivity index (χ1n) is 9.47. The summed E-state index contributed by atoms with van der Waals surface area (Å²) < 4.78 is 20.1.